The molecule has 0 bridgehead atoms. The monoisotopic (exact) mass is 402 g/mol. The molecule has 5 nitrogen and oxygen atoms in total. The Morgan fingerprint density at radius 2 is 1.68 bits per heavy atom. The highest BCUT2D eigenvalue weighted by Crippen LogP contribution is 2.25. The Hall–Kier alpha value is -2.53. The molecule has 6 heteroatoms. The van der Waals surface area contributed by atoms with Crippen LogP contribution in [0.3, 0.4) is 0 Å². The molecule has 28 heavy (non-hydrogen) atoms. The Morgan fingerprint density at radius 3 is 2.21 bits per heavy atom. The number of ether oxygens (including phenoxy) is 1. The zero-order chi connectivity index (χ0) is 20.7. The number of methoxy groups -OCH3 is 1. The number of benzene rings is 2. The summed E-state index contributed by atoms with van der Waals surface area (Å²) in [7, 11) is 5.03. The molecule has 2 aromatic carbocycles. The summed E-state index contributed by atoms with van der Waals surface area (Å²) in [4.78, 5) is 28.0. The second-order valence-corrected chi connectivity index (χ2v) is 7.18. The van der Waals surface area contributed by atoms with Crippen molar-refractivity contribution in [1.82, 2.24) is 9.80 Å². The number of rotatable bonds is 8. The van der Waals surface area contributed by atoms with Gasteiger partial charge in [0.25, 0.3) is 5.91 Å². The van der Waals surface area contributed by atoms with Crippen LogP contribution in [0.15, 0.2) is 42.5 Å². The van der Waals surface area contributed by atoms with E-state index in [0.29, 0.717) is 42.3 Å². The lowest BCUT2D eigenvalue weighted by Gasteiger charge is -2.21. The first-order chi connectivity index (χ1) is 13.3. The molecule has 2 aromatic rings. The number of hydrogen-bond acceptors (Lipinski definition) is 3. The average molecular weight is 403 g/mol. The van der Waals surface area contributed by atoms with E-state index in [2.05, 4.69) is 0 Å². The number of hydrogen-bond donors (Lipinski definition) is 0. The van der Waals surface area contributed by atoms with Gasteiger partial charge in [-0.15, -0.1) is 0 Å². The van der Waals surface area contributed by atoms with Crippen LogP contribution in [0, 0.1) is 0 Å². The lowest BCUT2D eigenvalue weighted by atomic mass is 10.1. The molecule has 0 saturated heterocycles. The van der Waals surface area contributed by atoms with Crippen LogP contribution in [0.5, 0.6) is 5.75 Å². The fourth-order valence-corrected chi connectivity index (χ4v) is 3.16. The lowest BCUT2D eigenvalue weighted by Crippen LogP contribution is -2.30. The molecule has 2 rings (SSSR count). The van der Waals surface area contributed by atoms with Crippen molar-refractivity contribution in [3.05, 3.63) is 64.2 Å². The van der Waals surface area contributed by atoms with Crippen molar-refractivity contribution in [1.29, 1.82) is 0 Å². The van der Waals surface area contributed by atoms with Crippen LogP contribution in [0.1, 0.15) is 34.8 Å². The van der Waals surface area contributed by atoms with Gasteiger partial charge >= 0.3 is 0 Å². The van der Waals surface area contributed by atoms with E-state index in [9.17, 15) is 9.59 Å². The quantitative estimate of drug-likeness (QED) is 0.669. The third kappa shape index (κ3) is 5.73. The molecule has 0 fully saturated rings. The summed E-state index contributed by atoms with van der Waals surface area (Å²) in [6.45, 7) is 3.11. The summed E-state index contributed by atoms with van der Waals surface area (Å²) in [5.41, 5.74) is 2.64. The Bertz CT molecular complexity index is 819. The molecular formula is C22H27ClN2O3. The highest BCUT2D eigenvalue weighted by atomic mass is 35.5. The van der Waals surface area contributed by atoms with E-state index in [0.717, 1.165) is 11.1 Å². The minimum atomic E-state index is -0.0341. The average Bonchev–Trinajstić information content (AvgIpc) is 2.70. The summed E-state index contributed by atoms with van der Waals surface area (Å²) in [6, 6.07) is 13.0. The Labute approximate surface area is 171 Å². The van der Waals surface area contributed by atoms with Gasteiger partial charge in [0.2, 0.25) is 5.91 Å². The van der Waals surface area contributed by atoms with Crippen LogP contribution < -0.4 is 4.74 Å². The molecule has 0 atom stereocenters. The van der Waals surface area contributed by atoms with Gasteiger partial charge in [-0.25, -0.2) is 0 Å². The van der Waals surface area contributed by atoms with Gasteiger partial charge in [-0.2, -0.15) is 0 Å². The van der Waals surface area contributed by atoms with E-state index >= 15 is 0 Å². The van der Waals surface area contributed by atoms with E-state index < -0.39 is 0 Å². The minimum Gasteiger partial charge on any atom is -0.495 e. The molecule has 2 amide bonds. The van der Waals surface area contributed by atoms with E-state index in [1.165, 1.54) is 0 Å². The maximum absolute atomic E-state index is 12.6. The molecule has 0 aliphatic rings. The predicted octanol–water partition coefficient (Wildman–Crippen LogP) is 4.03. The first-order valence-electron chi connectivity index (χ1n) is 9.26. The molecule has 0 aromatic heterocycles. The smallest absolute Gasteiger partial charge is 0.253 e. The Balaban J connectivity index is 1.96. The fraction of sp³-hybridized carbons (Fsp3) is 0.364. The second-order valence-electron chi connectivity index (χ2n) is 6.77. The van der Waals surface area contributed by atoms with Gasteiger partial charge < -0.3 is 14.5 Å². The first-order valence-corrected chi connectivity index (χ1v) is 9.64. The minimum absolute atomic E-state index is 0.0341. The van der Waals surface area contributed by atoms with E-state index in [1.807, 2.05) is 42.2 Å². The van der Waals surface area contributed by atoms with Crippen molar-refractivity contribution in [2.45, 2.75) is 26.3 Å². The third-order valence-electron chi connectivity index (χ3n) is 4.56. The lowest BCUT2D eigenvalue weighted by molar-refractivity contribution is -0.131. The molecule has 0 saturated carbocycles. The number of aryl methyl sites for hydroxylation is 1. The van der Waals surface area contributed by atoms with Crippen molar-refractivity contribution in [2.24, 2.45) is 0 Å². The second kappa shape index (κ2) is 10.1. The van der Waals surface area contributed by atoms with Crippen LogP contribution in [-0.2, 0) is 17.8 Å². The van der Waals surface area contributed by atoms with E-state index in [1.54, 1.807) is 38.2 Å². The zero-order valence-corrected chi connectivity index (χ0v) is 17.6. The van der Waals surface area contributed by atoms with Gasteiger partial charge in [0.1, 0.15) is 5.75 Å². The van der Waals surface area contributed by atoms with Gasteiger partial charge in [-0.3, -0.25) is 9.59 Å². The number of nitrogens with zero attached hydrogens (tertiary/aromatic N) is 2. The zero-order valence-electron chi connectivity index (χ0n) is 16.9. The van der Waals surface area contributed by atoms with Crippen molar-refractivity contribution in [2.75, 3.05) is 27.7 Å². The van der Waals surface area contributed by atoms with E-state index in [4.69, 9.17) is 16.3 Å². The summed E-state index contributed by atoms with van der Waals surface area (Å²) < 4.78 is 5.15. The van der Waals surface area contributed by atoms with E-state index in [-0.39, 0.29) is 11.8 Å². The molecule has 0 N–H and O–H groups in total. The SMILES string of the molecule is CCN(Cc1ccc(C(=O)N(C)C)cc1)C(=O)CCc1ccc(OC)c(Cl)c1. The molecule has 0 aliphatic heterocycles. The fourth-order valence-electron chi connectivity index (χ4n) is 2.88. The Kier molecular flexibility index (Phi) is 7.88. The van der Waals surface area contributed by atoms with Crippen molar-refractivity contribution in [3.63, 3.8) is 0 Å². The summed E-state index contributed by atoms with van der Waals surface area (Å²) in [6.07, 6.45) is 1.03. The number of carbonyl (C=O) groups excluding carboxylic acids is 2. The largest absolute Gasteiger partial charge is 0.495 e. The van der Waals surface area contributed by atoms with Crippen molar-refractivity contribution >= 4 is 23.4 Å². The van der Waals surface area contributed by atoms with Crippen LogP contribution in [0.2, 0.25) is 5.02 Å². The van der Waals surface area contributed by atoms with Gasteiger partial charge in [-0.1, -0.05) is 29.8 Å². The third-order valence-corrected chi connectivity index (χ3v) is 4.85. The summed E-state index contributed by atoms with van der Waals surface area (Å²) in [5, 5.41) is 0.548. The summed E-state index contributed by atoms with van der Waals surface area (Å²) >= 11 is 6.15. The van der Waals surface area contributed by atoms with Gasteiger partial charge in [0.15, 0.2) is 0 Å². The number of carbonyl (C=O) groups is 2. The maximum atomic E-state index is 12.6. The highest BCUT2D eigenvalue weighted by Gasteiger charge is 2.14. The molecule has 0 radical (unpaired) electrons. The topological polar surface area (TPSA) is 49.9 Å². The van der Waals surface area contributed by atoms with Gasteiger partial charge in [-0.05, 0) is 48.7 Å². The maximum Gasteiger partial charge on any atom is 0.253 e. The van der Waals surface area contributed by atoms with Crippen LogP contribution in [-0.4, -0.2) is 49.4 Å². The van der Waals surface area contributed by atoms with Crippen molar-refractivity contribution in [3.8, 4) is 5.75 Å². The normalized spacial score (nSPS) is 10.5. The van der Waals surface area contributed by atoms with Crippen LogP contribution in [0.25, 0.3) is 0 Å². The first kappa shape index (κ1) is 21.8. The molecule has 0 aliphatic carbocycles. The Morgan fingerprint density at radius 1 is 1.04 bits per heavy atom. The molecule has 150 valence electrons. The van der Waals surface area contributed by atoms with Gasteiger partial charge in [0.05, 0.1) is 12.1 Å². The van der Waals surface area contributed by atoms with Crippen LogP contribution in [0.4, 0.5) is 0 Å². The predicted molar refractivity (Wildman–Crippen MR) is 112 cm³/mol. The highest BCUT2D eigenvalue weighted by molar-refractivity contribution is 6.32. The van der Waals surface area contributed by atoms with Gasteiger partial charge in [0, 0.05) is 39.2 Å². The molecule has 0 heterocycles. The van der Waals surface area contributed by atoms with Crippen LogP contribution >= 0.6 is 11.6 Å². The number of halogens is 1. The van der Waals surface area contributed by atoms with Crippen molar-refractivity contribution < 1.29 is 14.3 Å². The standard InChI is InChI=1S/C22H27ClN2O3/c1-5-25(15-17-6-10-18(11-7-17)22(27)24(2)3)21(26)13-9-16-8-12-20(28-4)19(23)14-16/h6-8,10-12,14H,5,9,13,15H2,1-4H3. The summed E-state index contributed by atoms with van der Waals surface area (Å²) in [5.74, 6) is 0.680. The number of amides is 2. The molecule has 0 spiro atoms. The molecule has 0 unspecified atom stereocenters. The molecular weight excluding hydrogens is 376 g/mol.